The summed E-state index contributed by atoms with van der Waals surface area (Å²) in [6, 6.07) is 5.82. The quantitative estimate of drug-likeness (QED) is 0.606. The molecule has 2 amide bonds. The first-order valence-electron chi connectivity index (χ1n) is 10.8. The summed E-state index contributed by atoms with van der Waals surface area (Å²) < 4.78 is 0. The molecule has 1 aromatic carbocycles. The van der Waals surface area contributed by atoms with Crippen molar-refractivity contribution in [1.29, 1.82) is 0 Å². The van der Waals surface area contributed by atoms with Gasteiger partial charge in [-0.25, -0.2) is 0 Å². The zero-order valence-electron chi connectivity index (χ0n) is 16.7. The normalized spacial score (nSPS) is 18.0. The molecule has 4 nitrogen and oxygen atoms in total. The van der Waals surface area contributed by atoms with Gasteiger partial charge in [0.05, 0.1) is 11.4 Å². The number of carbonyl (C=O) groups excluding carboxylic acids is 2. The molecule has 2 saturated carbocycles. The molecule has 3 rings (SSSR count). The second-order valence-electron chi connectivity index (χ2n) is 8.52. The van der Waals surface area contributed by atoms with Gasteiger partial charge in [-0.15, -0.1) is 0 Å². The van der Waals surface area contributed by atoms with Gasteiger partial charge in [0.2, 0.25) is 11.8 Å². The molecule has 27 heavy (non-hydrogen) atoms. The predicted molar refractivity (Wildman–Crippen MR) is 111 cm³/mol. The van der Waals surface area contributed by atoms with Gasteiger partial charge in [0, 0.05) is 12.8 Å². The maximum Gasteiger partial charge on any atom is 0.224 e. The number of amides is 2. The second-order valence-corrected chi connectivity index (χ2v) is 8.52. The third-order valence-electron chi connectivity index (χ3n) is 6.23. The van der Waals surface area contributed by atoms with Crippen molar-refractivity contribution in [3.8, 4) is 0 Å². The third kappa shape index (κ3) is 6.37. The van der Waals surface area contributed by atoms with Crippen molar-refractivity contribution < 1.29 is 9.59 Å². The van der Waals surface area contributed by atoms with Gasteiger partial charge < -0.3 is 10.6 Å². The lowest BCUT2D eigenvalue weighted by molar-refractivity contribution is -0.117. The largest absolute Gasteiger partial charge is 0.324 e. The molecule has 2 fully saturated rings. The Morgan fingerprint density at radius 1 is 0.815 bits per heavy atom. The van der Waals surface area contributed by atoms with E-state index in [-0.39, 0.29) is 11.8 Å². The van der Waals surface area contributed by atoms with E-state index < -0.39 is 0 Å². The van der Waals surface area contributed by atoms with Crippen LogP contribution in [0.2, 0.25) is 0 Å². The Morgan fingerprint density at radius 2 is 1.30 bits per heavy atom. The fourth-order valence-electron chi connectivity index (χ4n) is 4.56. The molecule has 1 aromatic rings. The molecular weight excluding hydrogens is 336 g/mol. The van der Waals surface area contributed by atoms with Gasteiger partial charge in [0.1, 0.15) is 0 Å². The Hall–Kier alpha value is -1.84. The minimum Gasteiger partial charge on any atom is -0.324 e. The molecule has 0 heterocycles. The molecule has 0 aromatic heterocycles. The number of anilines is 2. The third-order valence-corrected chi connectivity index (χ3v) is 6.23. The van der Waals surface area contributed by atoms with Crippen molar-refractivity contribution in [1.82, 2.24) is 0 Å². The molecule has 0 saturated heterocycles. The maximum atomic E-state index is 12.4. The number of carbonyl (C=O) groups is 2. The van der Waals surface area contributed by atoms with Crippen LogP contribution in [0, 0.1) is 18.8 Å². The number of benzene rings is 1. The fourth-order valence-corrected chi connectivity index (χ4v) is 4.56. The van der Waals surface area contributed by atoms with Crippen LogP contribution in [0.15, 0.2) is 18.2 Å². The summed E-state index contributed by atoms with van der Waals surface area (Å²) >= 11 is 0. The highest BCUT2D eigenvalue weighted by Crippen LogP contribution is 2.30. The molecule has 148 valence electrons. The van der Waals surface area contributed by atoms with Gasteiger partial charge in [0.25, 0.3) is 0 Å². The van der Waals surface area contributed by atoms with Crippen molar-refractivity contribution >= 4 is 23.2 Å². The standard InChI is InChI=1S/C23H34N2O2/c1-17-10-13-20(24-22(26)14-11-18-6-2-3-7-18)21(16-17)25-23(27)15-12-19-8-4-5-9-19/h10,13,16,18-19H,2-9,11-12,14-15H2,1H3,(H,24,26)(H,25,27). The SMILES string of the molecule is Cc1ccc(NC(=O)CCC2CCCC2)c(NC(=O)CCC2CCCC2)c1. The van der Waals surface area contributed by atoms with E-state index in [9.17, 15) is 9.59 Å². The minimum atomic E-state index is 0.0483. The van der Waals surface area contributed by atoms with E-state index in [1.165, 1.54) is 51.4 Å². The van der Waals surface area contributed by atoms with E-state index in [1.54, 1.807) is 0 Å². The predicted octanol–water partition coefficient (Wildman–Crippen LogP) is 5.81. The summed E-state index contributed by atoms with van der Waals surface area (Å²) in [6.45, 7) is 2.00. The fraction of sp³-hybridized carbons (Fsp3) is 0.652. The first-order valence-corrected chi connectivity index (χ1v) is 10.8. The van der Waals surface area contributed by atoms with E-state index in [4.69, 9.17) is 0 Å². The van der Waals surface area contributed by atoms with E-state index in [1.807, 2.05) is 25.1 Å². The summed E-state index contributed by atoms with van der Waals surface area (Å²) in [7, 11) is 0. The smallest absolute Gasteiger partial charge is 0.224 e. The van der Waals surface area contributed by atoms with Gasteiger partial charge in [-0.2, -0.15) is 0 Å². The van der Waals surface area contributed by atoms with Crippen LogP contribution in [0.4, 0.5) is 11.4 Å². The van der Waals surface area contributed by atoms with Crippen LogP contribution in [0.5, 0.6) is 0 Å². The number of hydrogen-bond acceptors (Lipinski definition) is 2. The van der Waals surface area contributed by atoms with Crippen molar-refractivity contribution in [2.24, 2.45) is 11.8 Å². The Balaban J connectivity index is 1.51. The van der Waals surface area contributed by atoms with Crippen LogP contribution in [-0.4, -0.2) is 11.8 Å². The van der Waals surface area contributed by atoms with Gasteiger partial charge in [-0.1, -0.05) is 57.4 Å². The zero-order chi connectivity index (χ0) is 19.1. The van der Waals surface area contributed by atoms with Crippen LogP contribution in [0.1, 0.15) is 82.6 Å². The van der Waals surface area contributed by atoms with Crippen molar-refractivity contribution in [3.05, 3.63) is 23.8 Å². The molecule has 0 radical (unpaired) electrons. The van der Waals surface area contributed by atoms with Crippen molar-refractivity contribution in [3.63, 3.8) is 0 Å². The number of nitrogens with one attached hydrogen (secondary N) is 2. The van der Waals surface area contributed by atoms with E-state index in [0.29, 0.717) is 30.4 Å². The molecule has 2 aliphatic carbocycles. The number of rotatable bonds is 8. The zero-order valence-corrected chi connectivity index (χ0v) is 16.7. The Kier molecular flexibility index (Phi) is 7.31. The highest BCUT2D eigenvalue weighted by molar-refractivity contribution is 5.99. The Bertz CT molecular complexity index is 644. The summed E-state index contributed by atoms with van der Waals surface area (Å²) in [5, 5.41) is 6.03. The number of aryl methyl sites for hydroxylation is 1. The monoisotopic (exact) mass is 370 g/mol. The number of hydrogen-bond donors (Lipinski definition) is 2. The molecule has 4 heteroatoms. The van der Waals surface area contributed by atoms with Gasteiger partial charge >= 0.3 is 0 Å². The first kappa shape index (κ1) is 19.9. The van der Waals surface area contributed by atoms with Crippen LogP contribution < -0.4 is 10.6 Å². The molecular formula is C23H34N2O2. The van der Waals surface area contributed by atoms with Gasteiger partial charge in [0.15, 0.2) is 0 Å². The lowest BCUT2D eigenvalue weighted by atomic mass is 10.0. The summed E-state index contributed by atoms with van der Waals surface area (Å²) in [6.07, 6.45) is 13.4. The average molecular weight is 371 g/mol. The average Bonchev–Trinajstić information content (AvgIpc) is 3.34. The van der Waals surface area contributed by atoms with Crippen LogP contribution in [0.3, 0.4) is 0 Å². The summed E-state index contributed by atoms with van der Waals surface area (Å²) in [5.41, 5.74) is 2.51. The summed E-state index contributed by atoms with van der Waals surface area (Å²) in [4.78, 5) is 24.8. The van der Waals surface area contributed by atoms with Crippen LogP contribution >= 0.6 is 0 Å². The van der Waals surface area contributed by atoms with Gasteiger partial charge in [-0.3, -0.25) is 9.59 Å². The molecule has 0 atom stereocenters. The van der Waals surface area contributed by atoms with Crippen molar-refractivity contribution in [2.45, 2.75) is 84.0 Å². The van der Waals surface area contributed by atoms with Crippen LogP contribution in [-0.2, 0) is 9.59 Å². The minimum absolute atomic E-state index is 0.0483. The topological polar surface area (TPSA) is 58.2 Å². The van der Waals surface area contributed by atoms with Crippen molar-refractivity contribution in [2.75, 3.05) is 10.6 Å². The maximum absolute atomic E-state index is 12.4. The Morgan fingerprint density at radius 3 is 1.81 bits per heavy atom. The van der Waals surface area contributed by atoms with Crippen LogP contribution in [0.25, 0.3) is 0 Å². The highest BCUT2D eigenvalue weighted by Gasteiger charge is 2.18. The van der Waals surface area contributed by atoms with Gasteiger partial charge in [-0.05, 0) is 49.3 Å². The van der Waals surface area contributed by atoms with E-state index >= 15 is 0 Å². The molecule has 0 bridgehead atoms. The first-order chi connectivity index (χ1) is 13.1. The molecule has 2 N–H and O–H groups in total. The lowest BCUT2D eigenvalue weighted by Gasteiger charge is -2.15. The second kappa shape index (κ2) is 9.91. The van der Waals surface area contributed by atoms with E-state index in [0.717, 1.165) is 24.1 Å². The lowest BCUT2D eigenvalue weighted by Crippen LogP contribution is -2.17. The Labute approximate surface area is 163 Å². The molecule has 0 unspecified atom stereocenters. The highest BCUT2D eigenvalue weighted by atomic mass is 16.2. The molecule has 0 spiro atoms. The van der Waals surface area contributed by atoms with E-state index in [2.05, 4.69) is 10.6 Å². The summed E-state index contributed by atoms with van der Waals surface area (Å²) in [5.74, 6) is 1.52. The molecule has 0 aliphatic heterocycles. The molecule has 2 aliphatic rings.